The van der Waals surface area contributed by atoms with E-state index in [0.717, 1.165) is 89.9 Å². The second-order valence-corrected chi connectivity index (χ2v) is 7.83. The molecule has 2 nitrogen and oxygen atoms in total. The minimum absolute atomic E-state index is 0.00998. The normalized spacial score (nSPS) is 12.5. The highest BCUT2D eigenvalue weighted by atomic mass is 16.4. The summed E-state index contributed by atoms with van der Waals surface area (Å²) in [5.41, 5.74) is -0.524. The van der Waals surface area contributed by atoms with Crippen molar-refractivity contribution in [2.24, 2.45) is 10.8 Å². The van der Waals surface area contributed by atoms with Gasteiger partial charge in [-0.2, -0.15) is 0 Å². The first kappa shape index (κ1) is 23.5. The molecular formula is C22H44O2. The molecule has 0 heterocycles. The number of carboxylic acid groups (broad SMARTS) is 1. The van der Waals surface area contributed by atoms with Gasteiger partial charge in [0.15, 0.2) is 0 Å². The van der Waals surface area contributed by atoms with Gasteiger partial charge < -0.3 is 5.11 Å². The number of unbranched alkanes of at least 4 members (excludes halogenated alkanes) is 4. The Morgan fingerprint density at radius 2 is 1.00 bits per heavy atom. The van der Waals surface area contributed by atoms with Crippen LogP contribution < -0.4 is 0 Å². The van der Waals surface area contributed by atoms with Crippen LogP contribution in [0.5, 0.6) is 0 Å². The minimum atomic E-state index is -0.515. The summed E-state index contributed by atoms with van der Waals surface area (Å²) in [7, 11) is 0. The molecule has 0 aromatic carbocycles. The van der Waals surface area contributed by atoms with Gasteiger partial charge in [-0.05, 0) is 37.5 Å². The first-order valence-electron chi connectivity index (χ1n) is 10.7. The molecule has 0 aliphatic rings. The van der Waals surface area contributed by atoms with Crippen molar-refractivity contribution in [2.45, 2.75) is 125 Å². The second kappa shape index (κ2) is 12.8. The molecule has 0 spiro atoms. The number of carbonyl (C=O) groups is 1. The van der Waals surface area contributed by atoms with Crippen molar-refractivity contribution in [1.29, 1.82) is 0 Å². The Hall–Kier alpha value is -0.530. The van der Waals surface area contributed by atoms with E-state index < -0.39 is 11.4 Å². The third-order valence-corrected chi connectivity index (χ3v) is 6.09. The monoisotopic (exact) mass is 340 g/mol. The van der Waals surface area contributed by atoms with E-state index in [-0.39, 0.29) is 5.41 Å². The topological polar surface area (TPSA) is 37.3 Å². The minimum Gasteiger partial charge on any atom is -0.481 e. The van der Waals surface area contributed by atoms with Gasteiger partial charge in [-0.3, -0.25) is 4.79 Å². The quantitative estimate of drug-likeness (QED) is 0.314. The molecule has 0 bridgehead atoms. The summed E-state index contributed by atoms with van der Waals surface area (Å²) in [4.78, 5) is 12.7. The fraction of sp³-hybridized carbons (Fsp3) is 0.955. The van der Waals surface area contributed by atoms with Crippen molar-refractivity contribution in [2.75, 3.05) is 0 Å². The average molecular weight is 341 g/mol. The molecule has 24 heavy (non-hydrogen) atoms. The van der Waals surface area contributed by atoms with Gasteiger partial charge in [0.25, 0.3) is 0 Å². The van der Waals surface area contributed by atoms with Crippen LogP contribution in [0.25, 0.3) is 0 Å². The maximum absolute atomic E-state index is 12.7. The van der Waals surface area contributed by atoms with Gasteiger partial charge in [0.05, 0.1) is 5.41 Å². The Bertz CT molecular complexity index is 306. The summed E-state index contributed by atoms with van der Waals surface area (Å²) in [5, 5.41) is 10.4. The van der Waals surface area contributed by atoms with Crippen molar-refractivity contribution in [3.63, 3.8) is 0 Å². The number of hydrogen-bond donors (Lipinski definition) is 1. The van der Waals surface area contributed by atoms with Crippen molar-refractivity contribution in [3.8, 4) is 0 Å². The van der Waals surface area contributed by atoms with E-state index in [1.165, 1.54) is 0 Å². The Morgan fingerprint density at radius 1 is 0.625 bits per heavy atom. The van der Waals surface area contributed by atoms with Crippen LogP contribution in [0, 0.1) is 10.8 Å². The fourth-order valence-electron chi connectivity index (χ4n) is 4.65. The zero-order chi connectivity index (χ0) is 18.5. The van der Waals surface area contributed by atoms with Gasteiger partial charge in [-0.1, -0.05) is 92.4 Å². The van der Waals surface area contributed by atoms with Crippen molar-refractivity contribution >= 4 is 5.97 Å². The summed E-state index contributed by atoms with van der Waals surface area (Å²) in [5.74, 6) is -0.509. The average Bonchev–Trinajstić information content (AvgIpc) is 2.57. The molecule has 1 N–H and O–H groups in total. The zero-order valence-corrected chi connectivity index (χ0v) is 17.3. The molecule has 0 amide bonds. The van der Waals surface area contributed by atoms with Gasteiger partial charge in [-0.15, -0.1) is 0 Å². The van der Waals surface area contributed by atoms with Crippen LogP contribution in [-0.4, -0.2) is 11.1 Å². The summed E-state index contributed by atoms with van der Waals surface area (Å²) in [6, 6.07) is 0. The SMILES string of the molecule is CCCCC(CCC)(CCCC)C(CCCC)(CCCC)C(=O)O. The Morgan fingerprint density at radius 3 is 1.29 bits per heavy atom. The molecule has 0 aliphatic heterocycles. The lowest BCUT2D eigenvalue weighted by molar-refractivity contribution is -0.164. The van der Waals surface area contributed by atoms with Crippen LogP contribution in [0.2, 0.25) is 0 Å². The molecule has 0 rings (SSSR count). The van der Waals surface area contributed by atoms with E-state index in [9.17, 15) is 9.90 Å². The molecule has 0 atom stereocenters. The molecule has 2 heteroatoms. The largest absolute Gasteiger partial charge is 0.481 e. The van der Waals surface area contributed by atoms with Crippen LogP contribution in [0.4, 0.5) is 0 Å². The lowest BCUT2D eigenvalue weighted by Gasteiger charge is -2.50. The Balaban J connectivity index is 5.96. The maximum atomic E-state index is 12.7. The molecule has 144 valence electrons. The second-order valence-electron chi connectivity index (χ2n) is 7.83. The molecule has 0 aromatic rings. The summed E-state index contributed by atoms with van der Waals surface area (Å²) in [6.45, 7) is 11.1. The molecule has 0 unspecified atom stereocenters. The van der Waals surface area contributed by atoms with Crippen LogP contribution in [-0.2, 0) is 4.79 Å². The Labute approximate surface area is 151 Å². The van der Waals surface area contributed by atoms with Gasteiger partial charge in [-0.25, -0.2) is 0 Å². The van der Waals surface area contributed by atoms with Crippen molar-refractivity contribution < 1.29 is 9.90 Å². The summed E-state index contributed by atoms with van der Waals surface area (Å²) < 4.78 is 0. The highest BCUT2D eigenvalue weighted by molar-refractivity contribution is 5.76. The van der Waals surface area contributed by atoms with Gasteiger partial charge in [0.1, 0.15) is 0 Å². The molecular weight excluding hydrogens is 296 g/mol. The van der Waals surface area contributed by atoms with Gasteiger partial charge in [0.2, 0.25) is 0 Å². The van der Waals surface area contributed by atoms with Crippen LogP contribution in [0.3, 0.4) is 0 Å². The van der Waals surface area contributed by atoms with E-state index in [4.69, 9.17) is 0 Å². The third kappa shape index (κ3) is 6.08. The smallest absolute Gasteiger partial charge is 0.310 e. The number of hydrogen-bond acceptors (Lipinski definition) is 1. The summed E-state index contributed by atoms with van der Waals surface area (Å²) in [6.07, 6.45) is 15.0. The lowest BCUT2D eigenvalue weighted by atomic mass is 9.53. The third-order valence-electron chi connectivity index (χ3n) is 6.09. The van der Waals surface area contributed by atoms with E-state index in [0.29, 0.717) is 0 Å². The van der Waals surface area contributed by atoms with Crippen LogP contribution >= 0.6 is 0 Å². The van der Waals surface area contributed by atoms with E-state index in [1.807, 2.05) is 0 Å². The number of rotatable bonds is 16. The summed E-state index contributed by atoms with van der Waals surface area (Å²) >= 11 is 0. The standard InChI is InChI=1S/C22H44O2/c1-6-11-16-21(15-10-5,17-12-7-2)22(20(23)24,18-13-8-3)19-14-9-4/h6-19H2,1-5H3,(H,23,24). The molecule has 0 fully saturated rings. The maximum Gasteiger partial charge on any atom is 0.310 e. The molecule has 0 aliphatic carbocycles. The van der Waals surface area contributed by atoms with Crippen LogP contribution in [0.15, 0.2) is 0 Å². The van der Waals surface area contributed by atoms with Gasteiger partial charge >= 0.3 is 5.97 Å². The first-order valence-corrected chi connectivity index (χ1v) is 10.7. The predicted molar refractivity (Wildman–Crippen MR) is 106 cm³/mol. The number of aliphatic carboxylic acids is 1. The highest BCUT2D eigenvalue weighted by Gasteiger charge is 2.53. The fourth-order valence-corrected chi connectivity index (χ4v) is 4.65. The lowest BCUT2D eigenvalue weighted by Crippen LogP contribution is -2.48. The zero-order valence-electron chi connectivity index (χ0n) is 17.3. The predicted octanol–water partition coefficient (Wildman–Crippen LogP) is 7.60. The van der Waals surface area contributed by atoms with E-state index in [1.54, 1.807) is 0 Å². The number of carboxylic acids is 1. The van der Waals surface area contributed by atoms with E-state index in [2.05, 4.69) is 34.6 Å². The molecule has 0 radical (unpaired) electrons. The van der Waals surface area contributed by atoms with Crippen LogP contribution in [0.1, 0.15) is 125 Å². The first-order chi connectivity index (χ1) is 11.5. The van der Waals surface area contributed by atoms with Gasteiger partial charge in [0, 0.05) is 0 Å². The highest BCUT2D eigenvalue weighted by Crippen LogP contribution is 2.56. The molecule has 0 aromatic heterocycles. The van der Waals surface area contributed by atoms with Crippen molar-refractivity contribution in [3.05, 3.63) is 0 Å². The van der Waals surface area contributed by atoms with Crippen molar-refractivity contribution in [1.82, 2.24) is 0 Å². The molecule has 0 saturated carbocycles. The Kier molecular flexibility index (Phi) is 12.5. The molecule has 0 saturated heterocycles. The van der Waals surface area contributed by atoms with E-state index >= 15 is 0 Å².